The number of carbonyl (C=O) groups excluding carboxylic acids is 7. The van der Waals surface area contributed by atoms with Crippen molar-refractivity contribution >= 4 is 86.2 Å². The summed E-state index contributed by atoms with van der Waals surface area (Å²) in [6.45, 7) is 5.77. The summed E-state index contributed by atoms with van der Waals surface area (Å²) in [5, 5.41) is 35.1. The van der Waals surface area contributed by atoms with Crippen LogP contribution in [0.2, 0.25) is 5.02 Å². The summed E-state index contributed by atoms with van der Waals surface area (Å²) in [5.41, 5.74) is 0.0558. The number of unbranched alkanes of at least 4 members (excludes halogenated alkanes) is 2. The number of allylic oxidation sites excluding steroid dienone is 3. The number of aliphatic hydroxyl groups is 3. The number of thioether (sulfide) groups is 1. The van der Waals surface area contributed by atoms with Crippen LogP contribution in [0.15, 0.2) is 105 Å². The number of Topliss-reactive ketones (excluding diaryl/α,β-unsaturated/α-hetero) is 2. The van der Waals surface area contributed by atoms with E-state index in [1.807, 2.05) is 6.92 Å². The number of hydrogen-bond donors (Lipinski definition) is 5. The van der Waals surface area contributed by atoms with Crippen LogP contribution in [0.4, 0.5) is 10.5 Å². The topological polar surface area (TPSA) is 296 Å². The lowest BCUT2D eigenvalue weighted by Gasteiger charge is -2.42. The van der Waals surface area contributed by atoms with E-state index in [0.29, 0.717) is 53.1 Å². The molecule has 428 valence electrons. The van der Waals surface area contributed by atoms with Crippen LogP contribution in [0, 0.1) is 11.8 Å². The Bertz CT molecular complexity index is 3140. The number of aliphatic hydroxyl groups excluding tert-OH is 2. The van der Waals surface area contributed by atoms with Crippen LogP contribution in [0.1, 0.15) is 98.8 Å². The van der Waals surface area contributed by atoms with Crippen molar-refractivity contribution in [1.29, 1.82) is 0 Å². The molecule has 4 bridgehead atoms. The van der Waals surface area contributed by atoms with Crippen molar-refractivity contribution < 1.29 is 76.1 Å². The average molecular weight is 1160 g/mol. The minimum Gasteiger partial charge on any atom is -0.458 e. The van der Waals surface area contributed by atoms with Crippen LogP contribution >= 0.6 is 23.4 Å². The number of halogens is 1. The van der Waals surface area contributed by atoms with E-state index in [9.17, 15) is 61.9 Å². The third-order valence-electron chi connectivity index (χ3n) is 14.8. The van der Waals surface area contributed by atoms with Crippen molar-refractivity contribution in [1.82, 2.24) is 10.2 Å². The first-order chi connectivity index (χ1) is 37.8. The first kappa shape index (κ1) is 61.3. The molecule has 0 saturated carbocycles. The number of epoxide rings is 1. The maximum Gasteiger partial charge on any atom is 0.409 e. The number of esters is 1. The van der Waals surface area contributed by atoms with Gasteiger partial charge in [-0.25, -0.2) is 4.79 Å². The molecule has 2 fully saturated rings. The summed E-state index contributed by atoms with van der Waals surface area (Å²) in [6, 6.07) is 14.1. The lowest BCUT2D eigenvalue weighted by atomic mass is 9.81. The van der Waals surface area contributed by atoms with Gasteiger partial charge in [0, 0.05) is 73.0 Å². The molecule has 20 nitrogen and oxygen atoms in total. The number of nitrogens with zero attached hydrogens (tertiary/aromatic N) is 3. The normalized spacial score (nSPS) is 25.6. The number of aliphatic imine (C=N–C) groups is 1. The summed E-state index contributed by atoms with van der Waals surface area (Å²) in [6.07, 6.45) is 5.13. The Morgan fingerprint density at radius 3 is 2.39 bits per heavy atom. The summed E-state index contributed by atoms with van der Waals surface area (Å²) in [5.74, 6) is -4.61. The molecule has 80 heavy (non-hydrogen) atoms. The highest BCUT2D eigenvalue weighted by atomic mass is 35.5. The van der Waals surface area contributed by atoms with Gasteiger partial charge < -0.3 is 34.4 Å². The van der Waals surface area contributed by atoms with Gasteiger partial charge >= 0.3 is 12.1 Å². The van der Waals surface area contributed by atoms with Crippen LogP contribution < -0.4 is 10.2 Å². The number of hydrogen-bond acceptors (Lipinski definition) is 17. The highest BCUT2D eigenvalue weighted by Gasteiger charge is 2.64. The molecule has 0 unspecified atom stereocenters. The zero-order valence-corrected chi connectivity index (χ0v) is 47.3. The maximum absolute atomic E-state index is 14.3. The molecule has 0 aromatic heterocycles. The number of nitrogens with one attached hydrogen (secondary N) is 1. The molecule has 4 aliphatic rings. The smallest absolute Gasteiger partial charge is 0.409 e. The second-order valence-corrected chi connectivity index (χ2v) is 23.5. The second-order valence-electron chi connectivity index (χ2n) is 20.7. The fourth-order valence-corrected chi connectivity index (χ4v) is 11.8. The van der Waals surface area contributed by atoms with Gasteiger partial charge in [-0.1, -0.05) is 73.0 Å². The van der Waals surface area contributed by atoms with Crippen molar-refractivity contribution in [2.45, 2.75) is 125 Å². The predicted octanol–water partition coefficient (Wildman–Crippen LogP) is 6.07. The van der Waals surface area contributed by atoms with Crippen molar-refractivity contribution in [2.24, 2.45) is 16.8 Å². The fourth-order valence-electron chi connectivity index (χ4n) is 10.0. The average Bonchev–Trinajstić information content (AvgIpc) is 4.08. The lowest BCUT2D eigenvalue weighted by molar-refractivity contribution is -0.150. The van der Waals surface area contributed by atoms with Gasteiger partial charge in [-0.3, -0.25) is 48.5 Å². The van der Waals surface area contributed by atoms with E-state index in [2.05, 4.69) is 10.3 Å². The molecule has 3 aromatic rings. The van der Waals surface area contributed by atoms with Crippen molar-refractivity contribution in [3.63, 3.8) is 0 Å². The summed E-state index contributed by atoms with van der Waals surface area (Å²) in [4.78, 5) is 97.5. The van der Waals surface area contributed by atoms with Crippen molar-refractivity contribution in [3.05, 3.63) is 123 Å². The third-order valence-corrected chi connectivity index (χ3v) is 17.1. The van der Waals surface area contributed by atoms with E-state index in [4.69, 9.17) is 25.8 Å². The van der Waals surface area contributed by atoms with Gasteiger partial charge in [-0.15, -0.1) is 11.8 Å². The first-order valence-electron chi connectivity index (χ1n) is 26.0. The molecule has 2 saturated heterocycles. The predicted molar refractivity (Wildman–Crippen MR) is 296 cm³/mol. The standard InChI is InChI=1S/C57H65ClN4O16S2/c1-33-10-9-11-40(31-64)57(72)28-46(76-55(71)60-57)34(2)54-56(4,78-54)48(27-51(69)61(5)44-25-37(22-33)23-39(30-63)53(44)58)77-52(70)32-79-42-16-14-38(15-17-42)35(3)59-29-45(66)43-18-13-36(26-47(43)80(73,74)75)24-41(65)12-7-6-8-21-62-49(67)19-20-50(62)68/h9-11,13-20,23,25-26,34,40,46,48,54,63-64,72H,6-8,12,21-22,24,27-32H2,1-5H3,(H,60,71)(H,73,74,75)/b11-9+,33-10+,59-35?/t34-,40+,46+,48+,54+,56+,57+/m1/s1. The molecule has 0 spiro atoms. The summed E-state index contributed by atoms with van der Waals surface area (Å²) < 4.78 is 53.0. The number of anilines is 1. The minimum absolute atomic E-state index is 0.133. The number of fused-ring (bicyclic) bond motifs is 5. The number of ketones is 2. The number of ether oxygens (including phenoxy) is 3. The van der Waals surface area contributed by atoms with E-state index in [1.165, 1.54) is 36.2 Å². The Balaban J connectivity index is 0.997. The number of alkyl carbamates (subject to hydrolysis) is 1. The molecule has 7 atom stereocenters. The third kappa shape index (κ3) is 14.9. The highest BCUT2D eigenvalue weighted by Crippen LogP contribution is 2.49. The fraction of sp³-hybridized carbons (Fsp3) is 0.439. The van der Waals surface area contributed by atoms with Crippen LogP contribution in [-0.2, 0) is 67.7 Å². The molecular formula is C57H65ClN4O16S2. The molecule has 0 aliphatic carbocycles. The van der Waals surface area contributed by atoms with E-state index in [1.54, 1.807) is 75.4 Å². The van der Waals surface area contributed by atoms with Crippen LogP contribution in [-0.4, -0.2) is 142 Å². The minimum atomic E-state index is -4.89. The SMILES string of the molecule is CC(=NCC(=O)c1ccc(CC(=O)CCCCCN2C(=O)C=CC2=O)cc1S(=O)(=O)O)c1ccc(SCC(=O)O[C@H]2CC(=O)N(C)c3cc(cc(CO)c3Cl)C/C(C)=C/C=C/[C@@H](CO)[C@@]3(O)C[C@H](OC(=O)N3)[C@@H](C)[C@@H]3O[C@@]23C)cc1. The zero-order chi connectivity index (χ0) is 58.3. The maximum atomic E-state index is 14.3. The molecule has 4 aliphatic heterocycles. The largest absolute Gasteiger partial charge is 0.458 e. The molecule has 0 radical (unpaired) electrons. The molecular weight excluding hydrogens is 1100 g/mol. The quantitative estimate of drug-likeness (QED) is 0.0133. The van der Waals surface area contributed by atoms with E-state index in [-0.39, 0.29) is 71.7 Å². The Kier molecular flexibility index (Phi) is 19.9. The van der Waals surface area contributed by atoms with Crippen LogP contribution in [0.3, 0.4) is 0 Å². The molecule has 7 rings (SSSR count). The summed E-state index contributed by atoms with van der Waals surface area (Å²) >= 11 is 7.91. The van der Waals surface area contributed by atoms with Crippen LogP contribution in [0.25, 0.3) is 0 Å². The van der Waals surface area contributed by atoms with Gasteiger partial charge in [0.05, 0.1) is 42.2 Å². The van der Waals surface area contributed by atoms with Gasteiger partial charge in [0.15, 0.2) is 11.5 Å². The number of rotatable bonds is 19. The second kappa shape index (κ2) is 26.0. The van der Waals surface area contributed by atoms with E-state index >= 15 is 0 Å². The Labute approximate surface area is 473 Å². The van der Waals surface area contributed by atoms with Gasteiger partial charge in [-0.05, 0) is 92.6 Å². The highest BCUT2D eigenvalue weighted by molar-refractivity contribution is 8.00. The Morgan fingerprint density at radius 1 is 1.00 bits per heavy atom. The van der Waals surface area contributed by atoms with Gasteiger partial charge in [-0.2, -0.15) is 8.42 Å². The zero-order valence-electron chi connectivity index (χ0n) is 44.9. The summed E-state index contributed by atoms with van der Waals surface area (Å²) in [7, 11) is -3.37. The van der Waals surface area contributed by atoms with E-state index in [0.717, 1.165) is 33.9 Å². The molecule has 23 heteroatoms. The van der Waals surface area contributed by atoms with Crippen molar-refractivity contribution in [2.75, 3.05) is 37.4 Å². The van der Waals surface area contributed by atoms with E-state index < -0.39 is 100.0 Å². The Morgan fingerprint density at radius 2 is 1.71 bits per heavy atom. The number of imide groups is 1. The first-order valence-corrected chi connectivity index (χ1v) is 28.8. The van der Waals surface area contributed by atoms with Gasteiger partial charge in [0.1, 0.15) is 35.0 Å². The number of amides is 4. The molecule has 3 aromatic carbocycles. The Hall–Kier alpha value is -6.37. The van der Waals surface area contributed by atoms with Gasteiger partial charge in [0.25, 0.3) is 21.9 Å². The molecule has 4 amide bonds. The van der Waals surface area contributed by atoms with Gasteiger partial charge in [0.2, 0.25) is 5.91 Å². The molecule has 5 N–H and O–H groups in total. The monoisotopic (exact) mass is 1160 g/mol. The van der Waals surface area contributed by atoms with Crippen LogP contribution in [0.5, 0.6) is 0 Å². The van der Waals surface area contributed by atoms with Crippen molar-refractivity contribution in [3.8, 4) is 0 Å². The molecule has 4 heterocycles. The number of benzene rings is 3. The number of carbonyl (C=O) groups is 7. The lowest BCUT2D eigenvalue weighted by Crippen LogP contribution is -2.62.